The third-order valence-corrected chi connectivity index (χ3v) is 5.33. The van der Waals surface area contributed by atoms with E-state index in [4.69, 9.17) is 4.74 Å². The molecule has 3 rings (SSSR count). The van der Waals surface area contributed by atoms with Crippen LogP contribution in [0.25, 0.3) is 0 Å². The van der Waals surface area contributed by atoms with Crippen LogP contribution in [-0.4, -0.2) is 33.3 Å². The van der Waals surface area contributed by atoms with Crippen molar-refractivity contribution >= 4 is 11.4 Å². The zero-order valence-electron chi connectivity index (χ0n) is 16.3. The number of methoxy groups -OCH3 is 1. The lowest BCUT2D eigenvalue weighted by molar-refractivity contribution is 0.413. The maximum Gasteiger partial charge on any atom is 0.142 e. The average molecular weight is 353 g/mol. The summed E-state index contributed by atoms with van der Waals surface area (Å²) in [5, 5.41) is 0. The molecule has 1 aliphatic rings. The van der Waals surface area contributed by atoms with E-state index in [9.17, 15) is 0 Å². The van der Waals surface area contributed by atoms with Crippen LogP contribution in [0.1, 0.15) is 38.2 Å². The molecule has 0 amide bonds. The summed E-state index contributed by atoms with van der Waals surface area (Å²) in [6.07, 6.45) is 6.53. The van der Waals surface area contributed by atoms with E-state index in [1.54, 1.807) is 7.11 Å². The van der Waals surface area contributed by atoms with Crippen molar-refractivity contribution in [3.05, 3.63) is 54.1 Å². The standard InChI is InChI=1S/C23H32N2O/c1-3-4-5-6-9-20-12-14-21(15-13-20)24-16-18-25(19-17-24)22-10-7-8-11-23(22)26-2/h7-8,10-15H,3-6,9,16-19H2,1-2H3. The average Bonchev–Trinajstić information content (AvgIpc) is 2.72. The lowest BCUT2D eigenvalue weighted by Gasteiger charge is -2.37. The minimum Gasteiger partial charge on any atom is -0.495 e. The van der Waals surface area contributed by atoms with Gasteiger partial charge in [-0.15, -0.1) is 0 Å². The Bertz CT molecular complexity index is 660. The van der Waals surface area contributed by atoms with Gasteiger partial charge in [0.1, 0.15) is 5.75 Å². The van der Waals surface area contributed by atoms with Gasteiger partial charge < -0.3 is 14.5 Å². The van der Waals surface area contributed by atoms with E-state index < -0.39 is 0 Å². The van der Waals surface area contributed by atoms with Gasteiger partial charge in [0.2, 0.25) is 0 Å². The highest BCUT2D eigenvalue weighted by Crippen LogP contribution is 2.29. The van der Waals surface area contributed by atoms with E-state index in [0.717, 1.165) is 31.9 Å². The molecule has 0 bridgehead atoms. The van der Waals surface area contributed by atoms with Crippen LogP contribution in [0, 0.1) is 0 Å². The molecule has 0 aromatic heterocycles. The van der Waals surface area contributed by atoms with Crippen LogP contribution >= 0.6 is 0 Å². The monoisotopic (exact) mass is 352 g/mol. The minimum absolute atomic E-state index is 0.966. The van der Waals surface area contributed by atoms with Gasteiger partial charge in [-0.2, -0.15) is 0 Å². The van der Waals surface area contributed by atoms with Crippen molar-refractivity contribution in [1.29, 1.82) is 0 Å². The van der Waals surface area contributed by atoms with E-state index >= 15 is 0 Å². The molecule has 2 aromatic rings. The maximum atomic E-state index is 5.52. The lowest BCUT2D eigenvalue weighted by atomic mass is 10.1. The Labute approximate surface area is 158 Å². The predicted molar refractivity (Wildman–Crippen MR) is 112 cm³/mol. The molecule has 0 unspecified atom stereocenters. The first-order valence-corrected chi connectivity index (χ1v) is 10.0. The summed E-state index contributed by atoms with van der Waals surface area (Å²) in [5.74, 6) is 0.966. The van der Waals surface area contributed by atoms with Crippen molar-refractivity contribution in [2.45, 2.75) is 39.0 Å². The van der Waals surface area contributed by atoms with E-state index in [2.05, 4.69) is 53.1 Å². The van der Waals surface area contributed by atoms with Crippen LogP contribution in [0.5, 0.6) is 5.75 Å². The van der Waals surface area contributed by atoms with Crippen LogP contribution in [-0.2, 0) is 6.42 Å². The number of nitrogens with zero attached hydrogens (tertiary/aromatic N) is 2. The highest BCUT2D eigenvalue weighted by atomic mass is 16.5. The molecule has 26 heavy (non-hydrogen) atoms. The third kappa shape index (κ3) is 4.72. The van der Waals surface area contributed by atoms with E-state index in [-0.39, 0.29) is 0 Å². The van der Waals surface area contributed by atoms with Crippen molar-refractivity contribution in [2.75, 3.05) is 43.1 Å². The van der Waals surface area contributed by atoms with Gasteiger partial charge in [0, 0.05) is 31.9 Å². The van der Waals surface area contributed by atoms with E-state index in [1.165, 1.54) is 49.0 Å². The van der Waals surface area contributed by atoms with Gasteiger partial charge >= 0.3 is 0 Å². The molecule has 0 saturated carbocycles. The summed E-state index contributed by atoms with van der Waals surface area (Å²) in [6.45, 7) is 6.42. The minimum atomic E-state index is 0.966. The first-order valence-electron chi connectivity index (χ1n) is 10.0. The first-order chi connectivity index (χ1) is 12.8. The number of hydrogen-bond donors (Lipinski definition) is 0. The van der Waals surface area contributed by atoms with Gasteiger partial charge in [0.05, 0.1) is 12.8 Å². The van der Waals surface area contributed by atoms with Gasteiger partial charge in [-0.1, -0.05) is 50.5 Å². The first kappa shape index (κ1) is 18.6. The molecule has 1 saturated heterocycles. The number of piperazine rings is 1. The summed E-state index contributed by atoms with van der Waals surface area (Å²) < 4.78 is 5.52. The van der Waals surface area contributed by atoms with Crippen LogP contribution < -0.4 is 14.5 Å². The molecule has 2 aromatic carbocycles. The van der Waals surface area contributed by atoms with Gasteiger partial charge in [0.25, 0.3) is 0 Å². The van der Waals surface area contributed by atoms with Crippen LogP contribution in [0.4, 0.5) is 11.4 Å². The molecule has 1 aliphatic heterocycles. The Balaban J connectivity index is 1.53. The smallest absolute Gasteiger partial charge is 0.142 e. The molecule has 140 valence electrons. The summed E-state index contributed by atoms with van der Waals surface area (Å²) in [4.78, 5) is 4.92. The summed E-state index contributed by atoms with van der Waals surface area (Å²) in [7, 11) is 1.75. The Morgan fingerprint density at radius 2 is 1.50 bits per heavy atom. The van der Waals surface area contributed by atoms with Crippen molar-refractivity contribution in [3.8, 4) is 5.75 Å². The van der Waals surface area contributed by atoms with E-state index in [0.29, 0.717) is 0 Å². The molecule has 1 heterocycles. The third-order valence-electron chi connectivity index (χ3n) is 5.33. The van der Waals surface area contributed by atoms with Crippen molar-refractivity contribution in [3.63, 3.8) is 0 Å². The highest BCUT2D eigenvalue weighted by molar-refractivity contribution is 5.60. The fraction of sp³-hybridized carbons (Fsp3) is 0.478. The summed E-state index contributed by atoms with van der Waals surface area (Å²) in [5.41, 5.74) is 4.02. The summed E-state index contributed by atoms with van der Waals surface area (Å²) >= 11 is 0. The Morgan fingerprint density at radius 1 is 0.808 bits per heavy atom. The number of anilines is 2. The van der Waals surface area contributed by atoms with Crippen molar-refractivity contribution < 1.29 is 4.74 Å². The molecule has 3 nitrogen and oxygen atoms in total. The van der Waals surface area contributed by atoms with Crippen molar-refractivity contribution in [2.24, 2.45) is 0 Å². The molecule has 0 N–H and O–H groups in total. The van der Waals surface area contributed by atoms with Gasteiger partial charge in [0.15, 0.2) is 0 Å². The Morgan fingerprint density at radius 3 is 2.19 bits per heavy atom. The number of rotatable bonds is 8. The zero-order valence-corrected chi connectivity index (χ0v) is 16.3. The number of ether oxygens (including phenoxy) is 1. The lowest BCUT2D eigenvalue weighted by Crippen LogP contribution is -2.46. The normalized spacial score (nSPS) is 14.5. The SMILES string of the molecule is CCCCCCc1ccc(N2CCN(c3ccccc3OC)CC2)cc1. The maximum absolute atomic E-state index is 5.52. The van der Waals surface area contributed by atoms with Gasteiger partial charge in [-0.05, 0) is 42.7 Å². The highest BCUT2D eigenvalue weighted by Gasteiger charge is 2.19. The van der Waals surface area contributed by atoms with Gasteiger partial charge in [-0.3, -0.25) is 0 Å². The number of aryl methyl sites for hydroxylation is 1. The Hall–Kier alpha value is -2.16. The molecule has 0 aliphatic carbocycles. The topological polar surface area (TPSA) is 15.7 Å². The number of para-hydroxylation sites is 2. The molecular weight excluding hydrogens is 320 g/mol. The fourth-order valence-corrected chi connectivity index (χ4v) is 3.73. The van der Waals surface area contributed by atoms with Gasteiger partial charge in [-0.25, -0.2) is 0 Å². The van der Waals surface area contributed by atoms with Crippen molar-refractivity contribution in [1.82, 2.24) is 0 Å². The second kappa shape index (κ2) is 9.51. The van der Waals surface area contributed by atoms with E-state index in [1.807, 2.05) is 12.1 Å². The largest absolute Gasteiger partial charge is 0.495 e. The second-order valence-corrected chi connectivity index (χ2v) is 7.12. The van der Waals surface area contributed by atoms with Crippen LogP contribution in [0.3, 0.4) is 0 Å². The Kier molecular flexibility index (Phi) is 6.82. The number of unbranched alkanes of at least 4 members (excludes halogenated alkanes) is 3. The van der Waals surface area contributed by atoms with Crippen LogP contribution in [0.15, 0.2) is 48.5 Å². The molecule has 0 radical (unpaired) electrons. The predicted octanol–water partition coefficient (Wildman–Crippen LogP) is 5.14. The number of hydrogen-bond acceptors (Lipinski definition) is 3. The summed E-state index contributed by atoms with van der Waals surface area (Å²) in [6, 6.07) is 17.5. The molecule has 0 atom stereocenters. The molecular formula is C23H32N2O. The quantitative estimate of drug-likeness (QED) is 0.612. The molecule has 0 spiro atoms. The second-order valence-electron chi connectivity index (χ2n) is 7.12. The molecule has 1 fully saturated rings. The fourth-order valence-electron chi connectivity index (χ4n) is 3.73. The number of benzene rings is 2. The zero-order chi connectivity index (χ0) is 18.2. The molecule has 3 heteroatoms. The van der Waals surface area contributed by atoms with Crippen LogP contribution in [0.2, 0.25) is 0 Å².